The Labute approximate surface area is 259 Å². The molecule has 7 aromatic rings. The van der Waals surface area contributed by atoms with E-state index in [1.54, 1.807) is 0 Å². The molecule has 4 nitrogen and oxygen atoms in total. The van der Waals surface area contributed by atoms with E-state index in [4.69, 9.17) is 9.97 Å². The lowest BCUT2D eigenvalue weighted by molar-refractivity contribution is 0.590. The first-order chi connectivity index (χ1) is 21.0. The minimum absolute atomic E-state index is 0.0452. The standard InChI is InChI=1S/C40H38N4/c1-9-25-11-15-34-30(19-25)31-20-26(10-2)12-16-35(31)43(34)29-23-41-38(42-24-29)44-36-17-13-27(39(3,4)5)21-32(36)33-22-28(40(6,7)8)14-18-37(33)44/h9-24H,1-2H2,3-8H3. The summed E-state index contributed by atoms with van der Waals surface area (Å²) in [7, 11) is 0. The Morgan fingerprint density at radius 2 is 0.909 bits per heavy atom. The highest BCUT2D eigenvalue weighted by Crippen LogP contribution is 2.38. The van der Waals surface area contributed by atoms with Crippen LogP contribution in [0.3, 0.4) is 0 Å². The summed E-state index contributed by atoms with van der Waals surface area (Å²) < 4.78 is 4.44. The monoisotopic (exact) mass is 574 g/mol. The largest absolute Gasteiger partial charge is 0.306 e. The van der Waals surface area contributed by atoms with Gasteiger partial charge in [-0.15, -0.1) is 0 Å². The Morgan fingerprint density at radius 3 is 1.32 bits per heavy atom. The second-order valence-corrected chi connectivity index (χ2v) is 13.8. The molecule has 0 aliphatic heterocycles. The van der Waals surface area contributed by atoms with Crippen molar-refractivity contribution in [1.82, 2.24) is 19.1 Å². The van der Waals surface area contributed by atoms with E-state index in [1.165, 1.54) is 21.9 Å². The van der Waals surface area contributed by atoms with E-state index >= 15 is 0 Å². The SMILES string of the molecule is C=Cc1ccc2c(c1)c1cc(C=C)ccc1n2-c1cnc(-n2c3ccc(C(C)(C)C)cc3c3cc(C(C)(C)C)ccc32)nc1. The molecule has 0 fully saturated rings. The van der Waals surface area contributed by atoms with Gasteiger partial charge in [0.2, 0.25) is 5.95 Å². The Morgan fingerprint density at radius 1 is 0.523 bits per heavy atom. The second-order valence-electron chi connectivity index (χ2n) is 13.8. The quantitative estimate of drug-likeness (QED) is 0.210. The minimum Gasteiger partial charge on any atom is -0.306 e. The summed E-state index contributed by atoms with van der Waals surface area (Å²) in [5.74, 6) is 0.657. The van der Waals surface area contributed by atoms with Crippen molar-refractivity contribution < 1.29 is 0 Å². The van der Waals surface area contributed by atoms with Gasteiger partial charge in [-0.25, -0.2) is 9.97 Å². The van der Waals surface area contributed by atoms with Crippen LogP contribution in [-0.2, 0) is 10.8 Å². The zero-order valence-electron chi connectivity index (χ0n) is 26.4. The van der Waals surface area contributed by atoms with Gasteiger partial charge in [0, 0.05) is 21.5 Å². The molecule has 0 saturated carbocycles. The molecule has 7 rings (SSSR count). The lowest BCUT2D eigenvalue weighted by Gasteiger charge is -2.19. The predicted octanol–water partition coefficient (Wildman–Crippen LogP) is 10.6. The third-order valence-corrected chi connectivity index (χ3v) is 8.86. The van der Waals surface area contributed by atoms with Crippen molar-refractivity contribution in [3.63, 3.8) is 0 Å². The van der Waals surface area contributed by atoms with Gasteiger partial charge in [0.25, 0.3) is 0 Å². The van der Waals surface area contributed by atoms with Gasteiger partial charge >= 0.3 is 0 Å². The third-order valence-electron chi connectivity index (χ3n) is 8.86. The normalized spacial score (nSPS) is 12.5. The van der Waals surface area contributed by atoms with Crippen LogP contribution in [0, 0.1) is 0 Å². The molecule has 0 atom stereocenters. The summed E-state index contributed by atoms with van der Waals surface area (Å²) in [6.07, 6.45) is 7.65. The molecule has 0 spiro atoms. The van der Waals surface area contributed by atoms with Crippen LogP contribution in [0.25, 0.3) is 67.4 Å². The molecule has 4 aromatic carbocycles. The highest BCUT2D eigenvalue weighted by Gasteiger charge is 2.22. The third kappa shape index (κ3) is 4.36. The highest BCUT2D eigenvalue weighted by molar-refractivity contribution is 6.11. The van der Waals surface area contributed by atoms with Gasteiger partial charge in [0.15, 0.2) is 0 Å². The number of hydrogen-bond donors (Lipinski definition) is 0. The summed E-state index contributed by atoms with van der Waals surface area (Å²) in [4.78, 5) is 10.00. The maximum atomic E-state index is 5.00. The fourth-order valence-corrected chi connectivity index (χ4v) is 6.31. The smallest absolute Gasteiger partial charge is 0.234 e. The van der Waals surface area contributed by atoms with Crippen molar-refractivity contribution in [3.05, 3.63) is 121 Å². The zero-order chi connectivity index (χ0) is 31.0. The van der Waals surface area contributed by atoms with Crippen LogP contribution in [-0.4, -0.2) is 19.1 Å². The average molecular weight is 575 g/mol. The van der Waals surface area contributed by atoms with Crippen molar-refractivity contribution in [1.29, 1.82) is 0 Å². The van der Waals surface area contributed by atoms with Gasteiger partial charge in [0.1, 0.15) is 0 Å². The molecule has 0 N–H and O–H groups in total. The number of benzene rings is 4. The van der Waals surface area contributed by atoms with E-state index in [1.807, 2.05) is 24.5 Å². The first-order valence-corrected chi connectivity index (χ1v) is 15.2. The van der Waals surface area contributed by atoms with Crippen LogP contribution in [0.4, 0.5) is 0 Å². The summed E-state index contributed by atoms with van der Waals surface area (Å²) in [5.41, 5.74) is 10.2. The molecule has 3 heterocycles. The molecule has 0 radical (unpaired) electrons. The fourth-order valence-electron chi connectivity index (χ4n) is 6.31. The van der Waals surface area contributed by atoms with Crippen LogP contribution < -0.4 is 0 Å². The number of rotatable bonds is 4. The molecule has 4 heteroatoms. The van der Waals surface area contributed by atoms with Crippen molar-refractivity contribution in [2.24, 2.45) is 0 Å². The molecule has 44 heavy (non-hydrogen) atoms. The van der Waals surface area contributed by atoms with Crippen LogP contribution in [0.2, 0.25) is 0 Å². The van der Waals surface area contributed by atoms with Gasteiger partial charge in [0.05, 0.1) is 40.1 Å². The average Bonchev–Trinajstić information content (AvgIpc) is 3.51. The molecule has 3 aromatic heterocycles. The molecule has 0 bridgehead atoms. The summed E-state index contributed by atoms with van der Waals surface area (Å²) >= 11 is 0. The number of fused-ring (bicyclic) bond motifs is 6. The van der Waals surface area contributed by atoms with Gasteiger partial charge in [-0.05, 0) is 81.6 Å². The first kappa shape index (κ1) is 27.8. The lowest BCUT2D eigenvalue weighted by Crippen LogP contribution is -2.10. The van der Waals surface area contributed by atoms with E-state index in [9.17, 15) is 0 Å². The Kier molecular flexibility index (Phi) is 6.19. The molecule has 0 amide bonds. The topological polar surface area (TPSA) is 35.6 Å². The zero-order valence-corrected chi connectivity index (χ0v) is 26.4. The van der Waals surface area contributed by atoms with E-state index in [2.05, 4.69) is 137 Å². The van der Waals surface area contributed by atoms with Gasteiger partial charge in [-0.2, -0.15) is 0 Å². The van der Waals surface area contributed by atoms with E-state index in [0.717, 1.165) is 49.7 Å². The minimum atomic E-state index is 0.0452. The summed E-state index contributed by atoms with van der Waals surface area (Å²) in [6.45, 7) is 21.6. The lowest BCUT2D eigenvalue weighted by atomic mass is 9.85. The number of aromatic nitrogens is 4. The van der Waals surface area contributed by atoms with Gasteiger partial charge in [-0.3, -0.25) is 4.57 Å². The van der Waals surface area contributed by atoms with Crippen LogP contribution in [0.5, 0.6) is 0 Å². The van der Waals surface area contributed by atoms with Crippen molar-refractivity contribution >= 4 is 55.8 Å². The maximum absolute atomic E-state index is 5.00. The molecule has 0 saturated heterocycles. The molecule has 0 unspecified atom stereocenters. The van der Waals surface area contributed by atoms with E-state index in [-0.39, 0.29) is 10.8 Å². The fraction of sp³-hybridized carbons (Fsp3) is 0.200. The molecular weight excluding hydrogens is 536 g/mol. The van der Waals surface area contributed by atoms with Gasteiger partial charge in [-0.1, -0.05) is 91.1 Å². The van der Waals surface area contributed by atoms with Crippen molar-refractivity contribution in [3.8, 4) is 11.6 Å². The Bertz CT molecular complexity index is 2130. The van der Waals surface area contributed by atoms with E-state index < -0.39 is 0 Å². The molecule has 0 aliphatic carbocycles. The van der Waals surface area contributed by atoms with Crippen LogP contribution in [0.1, 0.15) is 63.8 Å². The van der Waals surface area contributed by atoms with Crippen LogP contribution in [0.15, 0.2) is 98.3 Å². The second kappa shape index (κ2) is 9.78. The summed E-state index contributed by atoms with van der Waals surface area (Å²) in [6, 6.07) is 26.5. The predicted molar refractivity (Wildman–Crippen MR) is 188 cm³/mol. The molecular formula is C40H38N4. The van der Waals surface area contributed by atoms with Crippen molar-refractivity contribution in [2.75, 3.05) is 0 Å². The highest BCUT2D eigenvalue weighted by atomic mass is 15.2. The summed E-state index contributed by atoms with van der Waals surface area (Å²) in [5, 5.41) is 4.78. The van der Waals surface area contributed by atoms with E-state index in [0.29, 0.717) is 5.95 Å². The van der Waals surface area contributed by atoms with Crippen molar-refractivity contribution in [2.45, 2.75) is 52.4 Å². The van der Waals surface area contributed by atoms with Crippen LogP contribution >= 0.6 is 0 Å². The first-order valence-electron chi connectivity index (χ1n) is 15.2. The number of nitrogens with zero attached hydrogens (tertiary/aromatic N) is 4. The number of hydrogen-bond acceptors (Lipinski definition) is 2. The maximum Gasteiger partial charge on any atom is 0.234 e. The molecule has 0 aliphatic rings. The Hall–Kier alpha value is -4.96. The molecule has 218 valence electrons. The Balaban J connectivity index is 1.44. The van der Waals surface area contributed by atoms with Gasteiger partial charge < -0.3 is 4.57 Å².